The number of hydrogen-bond donors (Lipinski definition) is 1. The van der Waals surface area contributed by atoms with Crippen LogP contribution in [0.15, 0.2) is 36.5 Å². The van der Waals surface area contributed by atoms with Crippen molar-refractivity contribution in [2.24, 2.45) is 0 Å². The highest BCUT2D eigenvalue weighted by molar-refractivity contribution is 7.88. The summed E-state index contributed by atoms with van der Waals surface area (Å²) in [7, 11) is -3.14. The molecule has 2 aromatic heterocycles. The fraction of sp³-hybridized carbons (Fsp3) is 0.412. The zero-order valence-corrected chi connectivity index (χ0v) is 14.8. The maximum atomic E-state index is 11.8. The van der Waals surface area contributed by atoms with Gasteiger partial charge in [0.05, 0.1) is 6.26 Å². The van der Waals surface area contributed by atoms with Crippen molar-refractivity contribution in [2.75, 3.05) is 24.7 Å². The lowest BCUT2D eigenvalue weighted by atomic mass is 9.92. The number of rotatable bonds is 4. The van der Waals surface area contributed by atoms with Crippen molar-refractivity contribution in [3.63, 3.8) is 0 Å². The largest absolute Gasteiger partial charge is 0.325 e. The highest BCUT2D eigenvalue weighted by atomic mass is 32.2. The predicted molar refractivity (Wildman–Crippen MR) is 94.9 cm³/mol. The molecular formula is C17H22N4O2S. The standard InChI is InChI=1S/C17H22N4O2S/c1-13-5-3-7-16(19-13)20-17-11-14(8-9-18-17)15-6-4-10-21(12-15)24(2,22)23/h3,5,7-9,11,15H,4,6,10,12H2,1-2H3,(H,18,19,20). The third-order valence-corrected chi connectivity index (χ3v) is 5.52. The molecule has 0 amide bonds. The van der Waals surface area contributed by atoms with Gasteiger partial charge < -0.3 is 5.32 Å². The summed E-state index contributed by atoms with van der Waals surface area (Å²) in [5, 5.41) is 3.21. The molecule has 24 heavy (non-hydrogen) atoms. The van der Waals surface area contributed by atoms with E-state index in [1.165, 1.54) is 6.26 Å². The molecule has 6 nitrogen and oxygen atoms in total. The molecule has 1 saturated heterocycles. The number of anilines is 2. The number of piperidine rings is 1. The maximum Gasteiger partial charge on any atom is 0.211 e. The van der Waals surface area contributed by atoms with Gasteiger partial charge in [-0.15, -0.1) is 0 Å². The van der Waals surface area contributed by atoms with Crippen molar-refractivity contribution in [2.45, 2.75) is 25.7 Å². The molecule has 1 atom stereocenters. The molecule has 128 valence electrons. The van der Waals surface area contributed by atoms with Crippen LogP contribution in [0.5, 0.6) is 0 Å². The summed E-state index contributed by atoms with van der Waals surface area (Å²) in [6.07, 6.45) is 4.89. The Bertz CT molecular complexity index is 823. The number of nitrogens with zero attached hydrogens (tertiary/aromatic N) is 3. The van der Waals surface area contributed by atoms with Gasteiger partial charge in [0.15, 0.2) is 0 Å². The molecule has 1 aliphatic heterocycles. The third kappa shape index (κ3) is 4.10. The smallest absolute Gasteiger partial charge is 0.211 e. The number of nitrogens with one attached hydrogen (secondary N) is 1. The lowest BCUT2D eigenvalue weighted by Crippen LogP contribution is -2.38. The van der Waals surface area contributed by atoms with Gasteiger partial charge in [-0.1, -0.05) is 6.07 Å². The number of sulfonamides is 1. The minimum absolute atomic E-state index is 0.197. The molecule has 0 radical (unpaired) electrons. The van der Waals surface area contributed by atoms with Crippen molar-refractivity contribution < 1.29 is 8.42 Å². The minimum Gasteiger partial charge on any atom is -0.325 e. The fourth-order valence-electron chi connectivity index (χ4n) is 3.03. The predicted octanol–water partition coefficient (Wildman–Crippen LogP) is 2.67. The first-order chi connectivity index (χ1) is 11.4. The molecule has 1 N–H and O–H groups in total. The summed E-state index contributed by atoms with van der Waals surface area (Å²) in [4.78, 5) is 8.76. The van der Waals surface area contributed by atoms with E-state index < -0.39 is 10.0 Å². The van der Waals surface area contributed by atoms with Gasteiger partial charge in [0, 0.05) is 25.0 Å². The summed E-state index contributed by atoms with van der Waals surface area (Å²) < 4.78 is 25.2. The Hall–Kier alpha value is -1.99. The van der Waals surface area contributed by atoms with Crippen LogP contribution in [0.3, 0.4) is 0 Å². The highest BCUT2D eigenvalue weighted by Crippen LogP contribution is 2.29. The second kappa shape index (κ2) is 6.86. The Kier molecular flexibility index (Phi) is 4.82. The fourth-order valence-corrected chi connectivity index (χ4v) is 3.94. The van der Waals surface area contributed by atoms with E-state index in [0.717, 1.165) is 35.7 Å². The summed E-state index contributed by atoms with van der Waals surface area (Å²) in [5.74, 6) is 1.67. The average molecular weight is 346 g/mol. The van der Waals surface area contributed by atoms with E-state index in [1.54, 1.807) is 10.5 Å². The molecule has 1 fully saturated rings. The second-order valence-corrected chi connectivity index (χ2v) is 8.21. The summed E-state index contributed by atoms with van der Waals surface area (Å²) >= 11 is 0. The SMILES string of the molecule is Cc1cccc(Nc2cc(C3CCCN(S(C)(=O)=O)C3)ccn2)n1. The summed E-state index contributed by atoms with van der Waals surface area (Å²) in [5.41, 5.74) is 2.04. The molecule has 0 aliphatic carbocycles. The summed E-state index contributed by atoms with van der Waals surface area (Å²) in [6.45, 7) is 3.08. The molecule has 0 bridgehead atoms. The molecule has 1 aliphatic rings. The van der Waals surface area contributed by atoms with E-state index in [0.29, 0.717) is 13.1 Å². The quantitative estimate of drug-likeness (QED) is 0.921. The zero-order valence-electron chi connectivity index (χ0n) is 13.9. The van der Waals surface area contributed by atoms with Crippen LogP contribution < -0.4 is 5.32 Å². The van der Waals surface area contributed by atoms with E-state index in [1.807, 2.05) is 37.3 Å². The van der Waals surface area contributed by atoms with Gasteiger partial charge in [-0.2, -0.15) is 0 Å². The average Bonchev–Trinajstić information content (AvgIpc) is 2.54. The van der Waals surface area contributed by atoms with Gasteiger partial charge >= 0.3 is 0 Å². The van der Waals surface area contributed by atoms with Gasteiger partial charge in [-0.25, -0.2) is 22.7 Å². The first kappa shape index (κ1) is 16.9. The van der Waals surface area contributed by atoms with Crippen LogP contribution in [0.25, 0.3) is 0 Å². The molecule has 0 aromatic carbocycles. The molecule has 0 saturated carbocycles. The number of pyridine rings is 2. The topological polar surface area (TPSA) is 75.2 Å². The lowest BCUT2D eigenvalue weighted by Gasteiger charge is -2.31. The van der Waals surface area contributed by atoms with Gasteiger partial charge in [0.25, 0.3) is 0 Å². The van der Waals surface area contributed by atoms with E-state index >= 15 is 0 Å². The monoisotopic (exact) mass is 346 g/mol. The molecule has 1 unspecified atom stereocenters. The number of aromatic nitrogens is 2. The van der Waals surface area contributed by atoms with Crippen molar-refractivity contribution in [1.29, 1.82) is 0 Å². The lowest BCUT2D eigenvalue weighted by molar-refractivity contribution is 0.317. The van der Waals surface area contributed by atoms with Gasteiger partial charge in [-0.05, 0) is 55.5 Å². The van der Waals surface area contributed by atoms with Crippen molar-refractivity contribution >= 4 is 21.7 Å². The van der Waals surface area contributed by atoms with E-state index in [-0.39, 0.29) is 5.92 Å². The number of hydrogen-bond acceptors (Lipinski definition) is 5. The van der Waals surface area contributed by atoms with E-state index in [4.69, 9.17) is 0 Å². The van der Waals surface area contributed by atoms with Gasteiger partial charge in [-0.3, -0.25) is 0 Å². The molecule has 3 heterocycles. The molecule has 3 rings (SSSR count). The number of aryl methyl sites for hydroxylation is 1. The summed E-state index contributed by atoms with van der Waals surface area (Å²) in [6, 6.07) is 9.73. The van der Waals surface area contributed by atoms with Crippen molar-refractivity contribution in [3.8, 4) is 0 Å². The van der Waals surface area contributed by atoms with Gasteiger partial charge in [0.2, 0.25) is 10.0 Å². The molecule has 7 heteroatoms. The van der Waals surface area contributed by atoms with Crippen LogP contribution >= 0.6 is 0 Å². The maximum absolute atomic E-state index is 11.8. The second-order valence-electron chi connectivity index (χ2n) is 6.22. The first-order valence-electron chi connectivity index (χ1n) is 8.03. The minimum atomic E-state index is -3.14. The molecular weight excluding hydrogens is 324 g/mol. The van der Waals surface area contributed by atoms with Crippen molar-refractivity contribution in [3.05, 3.63) is 47.8 Å². The van der Waals surface area contributed by atoms with Crippen LogP contribution in [0.1, 0.15) is 30.0 Å². The van der Waals surface area contributed by atoms with Crippen LogP contribution in [0.4, 0.5) is 11.6 Å². The Morgan fingerprint density at radius 3 is 2.83 bits per heavy atom. The van der Waals surface area contributed by atoms with Crippen molar-refractivity contribution in [1.82, 2.24) is 14.3 Å². The molecule has 2 aromatic rings. The molecule has 0 spiro atoms. The van der Waals surface area contributed by atoms with Gasteiger partial charge in [0.1, 0.15) is 11.6 Å². The van der Waals surface area contributed by atoms with Crippen LogP contribution in [0.2, 0.25) is 0 Å². The highest BCUT2D eigenvalue weighted by Gasteiger charge is 2.26. The zero-order chi connectivity index (χ0) is 17.2. The van der Waals surface area contributed by atoms with E-state index in [9.17, 15) is 8.42 Å². The Balaban J connectivity index is 1.77. The Morgan fingerprint density at radius 2 is 2.08 bits per heavy atom. The first-order valence-corrected chi connectivity index (χ1v) is 9.88. The van der Waals surface area contributed by atoms with E-state index in [2.05, 4.69) is 15.3 Å². The van der Waals surface area contributed by atoms with Crippen LogP contribution in [0, 0.1) is 6.92 Å². The Labute approximate surface area is 143 Å². The normalized spacial score (nSPS) is 19.2. The van der Waals surface area contributed by atoms with Crippen LogP contribution in [-0.2, 0) is 10.0 Å². The van der Waals surface area contributed by atoms with Crippen LogP contribution in [-0.4, -0.2) is 42.0 Å². The Morgan fingerprint density at radius 1 is 1.25 bits per heavy atom. The third-order valence-electron chi connectivity index (χ3n) is 4.25.